The molecule has 0 unspecified atom stereocenters. The highest BCUT2D eigenvalue weighted by molar-refractivity contribution is 7.92. The normalized spacial score (nSPS) is 32.2. The Morgan fingerprint density at radius 3 is 2.20 bits per heavy atom. The first-order chi connectivity index (χ1) is 9.51. The zero-order valence-corrected chi connectivity index (χ0v) is 11.6. The number of sulfone groups is 1. The van der Waals surface area contributed by atoms with Gasteiger partial charge in [-0.2, -0.15) is 0 Å². The minimum Gasteiger partial charge on any atom is -0.264 e. The summed E-state index contributed by atoms with van der Waals surface area (Å²) in [6.07, 6.45) is 5.08. The average Bonchev–Trinajstić information content (AvgIpc) is 2.48. The Morgan fingerprint density at radius 1 is 1.05 bits per heavy atom. The van der Waals surface area contributed by atoms with E-state index in [2.05, 4.69) is 0 Å². The molecule has 2 bridgehead atoms. The van der Waals surface area contributed by atoms with E-state index in [0.29, 0.717) is 12.8 Å². The molecule has 0 saturated heterocycles. The standard InChI is InChI=1S/C14H15NO4S/c16-15(17)13-10-6-8-11(9-7-10)14(13)20(18,19)12-4-2-1-3-5-12/h1-6,8,10-11,13-14H,7,9H2/t10-,11+,13-,14-/m0/s1. The smallest absolute Gasteiger partial charge is 0.236 e. The summed E-state index contributed by atoms with van der Waals surface area (Å²) in [6.45, 7) is 0. The van der Waals surface area contributed by atoms with Crippen molar-refractivity contribution in [2.45, 2.75) is 29.0 Å². The summed E-state index contributed by atoms with van der Waals surface area (Å²) in [5.74, 6) is -0.515. The summed E-state index contributed by atoms with van der Waals surface area (Å²) >= 11 is 0. The summed E-state index contributed by atoms with van der Waals surface area (Å²) < 4.78 is 25.5. The molecule has 0 aliphatic heterocycles. The monoisotopic (exact) mass is 293 g/mol. The van der Waals surface area contributed by atoms with Crippen LogP contribution in [0.4, 0.5) is 0 Å². The van der Waals surface area contributed by atoms with E-state index in [1.807, 2.05) is 12.2 Å². The lowest BCUT2D eigenvalue weighted by atomic mass is 9.72. The first-order valence-corrected chi connectivity index (χ1v) is 8.17. The van der Waals surface area contributed by atoms with Crippen molar-refractivity contribution in [2.24, 2.45) is 11.8 Å². The molecule has 0 heterocycles. The van der Waals surface area contributed by atoms with Crippen molar-refractivity contribution in [3.63, 3.8) is 0 Å². The van der Waals surface area contributed by atoms with E-state index in [-0.39, 0.29) is 16.7 Å². The lowest BCUT2D eigenvalue weighted by molar-refractivity contribution is -0.533. The van der Waals surface area contributed by atoms with Crippen molar-refractivity contribution in [2.75, 3.05) is 0 Å². The Bertz CT molecular complexity index is 653. The minimum absolute atomic E-state index is 0.179. The number of hydrogen-bond donors (Lipinski definition) is 0. The van der Waals surface area contributed by atoms with Crippen molar-refractivity contribution in [1.82, 2.24) is 0 Å². The molecule has 0 amide bonds. The van der Waals surface area contributed by atoms with Gasteiger partial charge in [0.1, 0.15) is 5.25 Å². The highest BCUT2D eigenvalue weighted by atomic mass is 32.2. The predicted octanol–water partition coefficient (Wildman–Crippen LogP) is 2.07. The maximum atomic E-state index is 12.8. The number of nitro groups is 1. The molecule has 3 aliphatic rings. The lowest BCUT2D eigenvalue weighted by Crippen LogP contribution is -2.53. The van der Waals surface area contributed by atoms with Gasteiger partial charge in [0.15, 0.2) is 9.84 Å². The maximum absolute atomic E-state index is 12.8. The van der Waals surface area contributed by atoms with Crippen molar-refractivity contribution < 1.29 is 13.3 Å². The van der Waals surface area contributed by atoms with Gasteiger partial charge in [0, 0.05) is 16.8 Å². The molecule has 5 nitrogen and oxygen atoms in total. The second-order valence-corrected chi connectivity index (χ2v) is 7.49. The number of nitrogens with zero attached hydrogens (tertiary/aromatic N) is 1. The first-order valence-electron chi connectivity index (χ1n) is 6.62. The van der Waals surface area contributed by atoms with E-state index in [4.69, 9.17) is 0 Å². The van der Waals surface area contributed by atoms with Gasteiger partial charge in [-0.05, 0) is 25.0 Å². The Hall–Kier alpha value is -1.69. The van der Waals surface area contributed by atoms with Gasteiger partial charge in [-0.25, -0.2) is 8.42 Å². The summed E-state index contributed by atoms with van der Waals surface area (Å²) in [5, 5.41) is 10.4. The van der Waals surface area contributed by atoms with E-state index in [9.17, 15) is 18.5 Å². The highest BCUT2D eigenvalue weighted by Crippen LogP contribution is 2.42. The molecule has 1 aromatic rings. The average molecular weight is 293 g/mol. The fourth-order valence-corrected chi connectivity index (χ4v) is 5.58. The van der Waals surface area contributed by atoms with Crippen LogP contribution in [-0.4, -0.2) is 24.6 Å². The van der Waals surface area contributed by atoms with Gasteiger partial charge in [-0.15, -0.1) is 0 Å². The van der Waals surface area contributed by atoms with Crippen LogP contribution in [-0.2, 0) is 9.84 Å². The van der Waals surface area contributed by atoms with E-state index < -0.39 is 26.1 Å². The SMILES string of the molecule is O=[N+]([O-])[C@@H]1[C@@H](S(=O)(=O)c2ccccc2)[C@@H]2C=C[C@H]1CC2. The first kappa shape index (κ1) is 13.3. The summed E-state index contributed by atoms with van der Waals surface area (Å²) in [7, 11) is -3.68. The maximum Gasteiger partial charge on any atom is 0.236 e. The Balaban J connectivity index is 2.08. The number of benzene rings is 1. The summed E-state index contributed by atoms with van der Waals surface area (Å²) in [4.78, 5) is 11.1. The third-order valence-electron chi connectivity index (χ3n) is 4.31. The van der Waals surface area contributed by atoms with Gasteiger partial charge in [0.2, 0.25) is 6.04 Å². The topological polar surface area (TPSA) is 77.3 Å². The van der Waals surface area contributed by atoms with Crippen LogP contribution < -0.4 is 0 Å². The second kappa shape index (κ2) is 4.70. The van der Waals surface area contributed by atoms with Crippen LogP contribution in [0.5, 0.6) is 0 Å². The molecular formula is C14H15NO4S. The molecule has 1 aromatic carbocycles. The van der Waals surface area contributed by atoms with Gasteiger partial charge in [0.25, 0.3) is 0 Å². The quantitative estimate of drug-likeness (QED) is 0.485. The second-order valence-electron chi connectivity index (χ2n) is 5.39. The number of fused-ring (bicyclic) bond motifs is 2. The van der Waals surface area contributed by atoms with Crippen LogP contribution in [0, 0.1) is 22.0 Å². The fourth-order valence-electron chi connectivity index (χ4n) is 3.38. The molecule has 4 atom stereocenters. The zero-order chi connectivity index (χ0) is 14.3. The van der Waals surface area contributed by atoms with Gasteiger partial charge < -0.3 is 0 Å². The summed E-state index contributed by atoms with van der Waals surface area (Å²) in [6, 6.07) is 7.02. The molecule has 20 heavy (non-hydrogen) atoms. The molecule has 0 N–H and O–H groups in total. The Kier molecular flexibility index (Phi) is 3.12. The number of allylic oxidation sites excluding steroid dienone is 1. The largest absolute Gasteiger partial charge is 0.264 e. The van der Waals surface area contributed by atoms with Gasteiger partial charge in [0.05, 0.1) is 4.90 Å². The van der Waals surface area contributed by atoms with Crippen LogP contribution in [0.1, 0.15) is 12.8 Å². The lowest BCUT2D eigenvalue weighted by Gasteiger charge is -2.39. The van der Waals surface area contributed by atoms with Gasteiger partial charge in [-0.1, -0.05) is 30.4 Å². The van der Waals surface area contributed by atoms with Crippen LogP contribution >= 0.6 is 0 Å². The number of hydrogen-bond acceptors (Lipinski definition) is 4. The Labute approximate surface area is 117 Å². The predicted molar refractivity (Wildman–Crippen MR) is 73.6 cm³/mol. The van der Waals surface area contributed by atoms with Crippen LogP contribution in [0.25, 0.3) is 0 Å². The third-order valence-corrected chi connectivity index (χ3v) is 6.58. The van der Waals surface area contributed by atoms with Gasteiger partial charge >= 0.3 is 0 Å². The minimum atomic E-state index is -3.68. The van der Waals surface area contributed by atoms with Crippen molar-refractivity contribution in [3.8, 4) is 0 Å². The van der Waals surface area contributed by atoms with E-state index in [1.54, 1.807) is 18.2 Å². The molecule has 4 rings (SSSR count). The highest BCUT2D eigenvalue weighted by Gasteiger charge is 2.54. The van der Waals surface area contributed by atoms with Crippen molar-refractivity contribution >= 4 is 9.84 Å². The zero-order valence-electron chi connectivity index (χ0n) is 10.8. The van der Waals surface area contributed by atoms with Crippen LogP contribution in [0.2, 0.25) is 0 Å². The van der Waals surface area contributed by atoms with E-state index >= 15 is 0 Å². The number of rotatable bonds is 3. The molecule has 0 aromatic heterocycles. The van der Waals surface area contributed by atoms with Crippen molar-refractivity contribution in [3.05, 3.63) is 52.6 Å². The molecule has 1 saturated carbocycles. The molecular weight excluding hydrogens is 278 g/mol. The Morgan fingerprint density at radius 2 is 1.65 bits per heavy atom. The molecule has 0 spiro atoms. The molecule has 3 aliphatic carbocycles. The molecule has 106 valence electrons. The molecule has 6 heteroatoms. The van der Waals surface area contributed by atoms with Crippen LogP contribution in [0.3, 0.4) is 0 Å². The van der Waals surface area contributed by atoms with Gasteiger partial charge in [-0.3, -0.25) is 10.1 Å². The van der Waals surface area contributed by atoms with E-state index in [0.717, 1.165) is 0 Å². The molecule has 1 fully saturated rings. The van der Waals surface area contributed by atoms with Crippen LogP contribution in [0.15, 0.2) is 47.4 Å². The van der Waals surface area contributed by atoms with E-state index in [1.165, 1.54) is 12.1 Å². The fraction of sp³-hybridized carbons (Fsp3) is 0.429. The third kappa shape index (κ3) is 1.95. The van der Waals surface area contributed by atoms with Crippen molar-refractivity contribution in [1.29, 1.82) is 0 Å². The summed E-state index contributed by atoms with van der Waals surface area (Å²) in [5.41, 5.74) is 0. The molecule has 0 radical (unpaired) electrons.